The number of aliphatic hydroxyl groups excluding tert-OH is 1. The highest BCUT2D eigenvalue weighted by Crippen LogP contribution is 2.34. The third kappa shape index (κ3) is 3.22. The molecule has 2 nitrogen and oxygen atoms in total. The molecule has 0 aliphatic carbocycles. The van der Waals surface area contributed by atoms with E-state index in [1.165, 1.54) is 11.8 Å². The Kier molecular flexibility index (Phi) is 4.45. The Morgan fingerprint density at radius 3 is 2.88 bits per heavy atom. The lowest BCUT2D eigenvalue weighted by Gasteiger charge is -2.08. The molecule has 0 saturated carbocycles. The van der Waals surface area contributed by atoms with Crippen LogP contribution in [0.1, 0.15) is 5.56 Å². The summed E-state index contributed by atoms with van der Waals surface area (Å²) in [6, 6.07) is 9.21. The van der Waals surface area contributed by atoms with Crippen molar-refractivity contribution in [2.75, 3.05) is 0 Å². The van der Waals surface area contributed by atoms with Crippen LogP contribution in [0.3, 0.4) is 0 Å². The van der Waals surface area contributed by atoms with E-state index in [0.717, 1.165) is 20.0 Å². The molecule has 0 fully saturated rings. The molecule has 1 N–H and O–H groups in total. The zero-order valence-electron chi connectivity index (χ0n) is 8.73. The number of halogens is 2. The number of rotatable bonds is 3. The maximum absolute atomic E-state index is 9.27. The Balaban J connectivity index is 2.35. The van der Waals surface area contributed by atoms with Crippen LogP contribution >= 0.6 is 39.3 Å². The molecule has 1 heterocycles. The fourth-order valence-corrected chi connectivity index (χ4v) is 2.98. The maximum Gasteiger partial charge on any atom is 0.115 e. The number of hydrogen-bond acceptors (Lipinski definition) is 3. The summed E-state index contributed by atoms with van der Waals surface area (Å²) >= 11 is 10.9. The normalized spacial score (nSPS) is 10.5. The van der Waals surface area contributed by atoms with Gasteiger partial charge in [0.1, 0.15) is 5.03 Å². The number of pyridine rings is 1. The highest BCUT2D eigenvalue weighted by atomic mass is 79.9. The Hall–Kier alpha value is -0.550. The highest BCUT2D eigenvalue weighted by Gasteiger charge is 2.08. The molecular weight excluding hydrogens is 322 g/mol. The third-order valence-corrected chi connectivity index (χ3v) is 4.39. The van der Waals surface area contributed by atoms with Crippen molar-refractivity contribution in [2.45, 2.75) is 16.5 Å². The number of nitrogens with zero attached hydrogens (tertiary/aromatic N) is 1. The Labute approximate surface area is 117 Å². The van der Waals surface area contributed by atoms with Gasteiger partial charge >= 0.3 is 0 Å². The van der Waals surface area contributed by atoms with E-state index in [2.05, 4.69) is 20.9 Å². The van der Waals surface area contributed by atoms with E-state index in [1.54, 1.807) is 12.3 Å². The predicted molar refractivity (Wildman–Crippen MR) is 73.4 cm³/mol. The van der Waals surface area contributed by atoms with Crippen LogP contribution in [0.15, 0.2) is 50.9 Å². The largest absolute Gasteiger partial charge is 0.392 e. The van der Waals surface area contributed by atoms with Crippen molar-refractivity contribution in [1.82, 2.24) is 4.98 Å². The van der Waals surface area contributed by atoms with Gasteiger partial charge in [-0.25, -0.2) is 4.98 Å². The van der Waals surface area contributed by atoms with Crippen LogP contribution in [0.25, 0.3) is 0 Å². The summed E-state index contributed by atoms with van der Waals surface area (Å²) in [4.78, 5) is 5.19. The lowest BCUT2D eigenvalue weighted by Crippen LogP contribution is -1.88. The van der Waals surface area contributed by atoms with Crippen LogP contribution in [-0.2, 0) is 6.61 Å². The zero-order valence-corrected chi connectivity index (χ0v) is 11.9. The second-order valence-corrected chi connectivity index (χ2v) is 5.62. The first kappa shape index (κ1) is 12.9. The molecule has 0 radical (unpaired) electrons. The molecule has 0 aliphatic rings. The Morgan fingerprint density at radius 2 is 2.18 bits per heavy atom. The summed E-state index contributed by atoms with van der Waals surface area (Å²) in [5.41, 5.74) is 0.844. The lowest BCUT2D eigenvalue weighted by molar-refractivity contribution is 0.279. The van der Waals surface area contributed by atoms with E-state index >= 15 is 0 Å². The quantitative estimate of drug-likeness (QED) is 0.918. The fourth-order valence-electron chi connectivity index (χ4n) is 1.30. The van der Waals surface area contributed by atoms with Crippen molar-refractivity contribution in [3.63, 3.8) is 0 Å². The molecule has 88 valence electrons. The summed E-state index contributed by atoms with van der Waals surface area (Å²) in [5.74, 6) is 0. The monoisotopic (exact) mass is 329 g/mol. The van der Waals surface area contributed by atoms with E-state index in [1.807, 2.05) is 24.3 Å². The van der Waals surface area contributed by atoms with Gasteiger partial charge in [0.25, 0.3) is 0 Å². The van der Waals surface area contributed by atoms with Crippen molar-refractivity contribution in [2.24, 2.45) is 0 Å². The minimum atomic E-state index is -0.00997. The van der Waals surface area contributed by atoms with Crippen LogP contribution in [-0.4, -0.2) is 10.1 Å². The lowest BCUT2D eigenvalue weighted by atomic mass is 10.2. The van der Waals surface area contributed by atoms with Gasteiger partial charge in [-0.15, -0.1) is 0 Å². The molecule has 0 atom stereocenters. The first-order valence-electron chi connectivity index (χ1n) is 4.88. The molecule has 1 aromatic heterocycles. The minimum absolute atomic E-state index is 0.00997. The molecule has 0 saturated heterocycles. The van der Waals surface area contributed by atoms with Crippen molar-refractivity contribution >= 4 is 39.3 Å². The van der Waals surface area contributed by atoms with Crippen LogP contribution < -0.4 is 0 Å². The number of aromatic nitrogens is 1. The van der Waals surface area contributed by atoms with Crippen LogP contribution in [0.2, 0.25) is 5.02 Å². The Bertz CT molecular complexity index is 536. The molecule has 0 aliphatic heterocycles. The molecule has 0 bridgehead atoms. The molecule has 1 aromatic carbocycles. The third-order valence-electron chi connectivity index (χ3n) is 2.13. The summed E-state index contributed by atoms with van der Waals surface area (Å²) in [6.07, 6.45) is 1.73. The van der Waals surface area contributed by atoms with E-state index in [9.17, 15) is 5.11 Å². The molecule has 2 rings (SSSR count). The van der Waals surface area contributed by atoms with Gasteiger partial charge in [0.2, 0.25) is 0 Å². The molecule has 0 spiro atoms. The van der Waals surface area contributed by atoms with Crippen LogP contribution in [0.5, 0.6) is 0 Å². The van der Waals surface area contributed by atoms with E-state index < -0.39 is 0 Å². The van der Waals surface area contributed by atoms with Gasteiger partial charge in [-0.3, -0.25) is 0 Å². The first-order valence-corrected chi connectivity index (χ1v) is 6.87. The molecular formula is C12H9BrClNOS. The van der Waals surface area contributed by atoms with Crippen LogP contribution in [0, 0.1) is 0 Å². The van der Waals surface area contributed by atoms with Crippen molar-refractivity contribution in [1.29, 1.82) is 0 Å². The predicted octanol–water partition coefficient (Wildman–Crippen LogP) is 4.14. The second-order valence-electron chi connectivity index (χ2n) is 3.30. The van der Waals surface area contributed by atoms with Gasteiger partial charge in [0.15, 0.2) is 0 Å². The second kappa shape index (κ2) is 5.87. The first-order chi connectivity index (χ1) is 8.20. The average molecular weight is 331 g/mol. The molecule has 0 unspecified atom stereocenters. The van der Waals surface area contributed by atoms with Crippen LogP contribution in [0.4, 0.5) is 0 Å². The molecule has 2 aromatic rings. The topological polar surface area (TPSA) is 33.1 Å². The van der Waals surface area contributed by atoms with Crippen molar-refractivity contribution < 1.29 is 5.11 Å². The van der Waals surface area contributed by atoms with Gasteiger partial charge in [-0.2, -0.15) is 0 Å². The van der Waals surface area contributed by atoms with Gasteiger partial charge in [0, 0.05) is 16.1 Å². The fraction of sp³-hybridized carbons (Fsp3) is 0.0833. The summed E-state index contributed by atoms with van der Waals surface area (Å²) in [5, 5.41) is 10.8. The smallest absolute Gasteiger partial charge is 0.115 e. The average Bonchev–Trinajstić information content (AvgIpc) is 2.32. The molecule has 0 amide bonds. The number of hydrogen-bond donors (Lipinski definition) is 1. The van der Waals surface area contributed by atoms with Crippen molar-refractivity contribution in [3.05, 3.63) is 51.6 Å². The highest BCUT2D eigenvalue weighted by molar-refractivity contribution is 9.10. The minimum Gasteiger partial charge on any atom is -0.392 e. The Morgan fingerprint density at radius 1 is 1.35 bits per heavy atom. The van der Waals surface area contributed by atoms with Gasteiger partial charge in [-0.05, 0) is 45.8 Å². The standard InChI is InChI=1S/C12H9BrClNOS/c13-10-2-1-5-15-12(10)17-11-6-9(14)4-3-8(11)7-16/h1-6,16H,7H2. The number of benzene rings is 1. The van der Waals surface area contributed by atoms with Gasteiger partial charge < -0.3 is 5.11 Å². The summed E-state index contributed by atoms with van der Waals surface area (Å²) in [6.45, 7) is -0.00997. The maximum atomic E-state index is 9.27. The van der Waals surface area contributed by atoms with Gasteiger partial charge in [0.05, 0.1) is 11.1 Å². The van der Waals surface area contributed by atoms with Crippen molar-refractivity contribution in [3.8, 4) is 0 Å². The summed E-state index contributed by atoms with van der Waals surface area (Å²) in [7, 11) is 0. The van der Waals surface area contributed by atoms with E-state index in [4.69, 9.17) is 11.6 Å². The molecule has 17 heavy (non-hydrogen) atoms. The summed E-state index contributed by atoms with van der Waals surface area (Å²) < 4.78 is 0.925. The SMILES string of the molecule is OCc1ccc(Cl)cc1Sc1ncccc1Br. The number of aliphatic hydroxyl groups is 1. The van der Waals surface area contributed by atoms with E-state index in [-0.39, 0.29) is 6.61 Å². The zero-order chi connectivity index (χ0) is 12.3. The molecule has 5 heteroatoms. The van der Waals surface area contributed by atoms with E-state index in [0.29, 0.717) is 5.02 Å². The van der Waals surface area contributed by atoms with Gasteiger partial charge in [-0.1, -0.05) is 29.4 Å².